The van der Waals surface area contributed by atoms with Gasteiger partial charge in [0.2, 0.25) is 11.9 Å². The van der Waals surface area contributed by atoms with Gasteiger partial charge in [-0.2, -0.15) is 0 Å². The van der Waals surface area contributed by atoms with Crippen molar-refractivity contribution in [3.05, 3.63) is 70.8 Å². The Hall–Kier alpha value is -3.72. The van der Waals surface area contributed by atoms with Crippen LogP contribution in [0, 0.1) is 0 Å². The Morgan fingerprint density at radius 2 is 1.82 bits per heavy atom. The summed E-state index contributed by atoms with van der Waals surface area (Å²) in [5.74, 6) is -0.347. The number of hydrogen-bond acceptors (Lipinski definition) is 7. The fourth-order valence-corrected chi connectivity index (χ4v) is 4.28. The smallest absolute Gasteiger partial charge is 0.338 e. The molecule has 3 heterocycles. The molecule has 0 spiro atoms. The highest BCUT2D eigenvalue weighted by Crippen LogP contribution is 2.41. The van der Waals surface area contributed by atoms with Gasteiger partial charge >= 0.3 is 5.97 Å². The van der Waals surface area contributed by atoms with Crippen molar-refractivity contribution in [3.8, 4) is 5.75 Å². The molecule has 1 fully saturated rings. The summed E-state index contributed by atoms with van der Waals surface area (Å²) in [4.78, 5) is 39.2. The molecule has 1 amide bonds. The van der Waals surface area contributed by atoms with Crippen LogP contribution in [0.4, 0.5) is 11.6 Å². The third kappa shape index (κ3) is 4.26. The number of hydrogen-bond donors (Lipinski definition) is 2. The molecule has 2 N–H and O–H groups in total. The molecular weight excluding hydrogens is 458 g/mol. The second kappa shape index (κ2) is 9.26. The predicted octanol–water partition coefficient (Wildman–Crippen LogP) is 3.75. The number of aromatic nitrogens is 3. The van der Waals surface area contributed by atoms with E-state index in [-0.39, 0.29) is 22.5 Å². The molecule has 2 aromatic heterocycles. The average molecular weight is 482 g/mol. The summed E-state index contributed by atoms with van der Waals surface area (Å²) in [6.07, 6.45) is 3.99. The molecule has 3 aromatic rings. The van der Waals surface area contributed by atoms with Gasteiger partial charge in [-0.3, -0.25) is 4.79 Å². The van der Waals surface area contributed by atoms with E-state index in [1.54, 1.807) is 0 Å². The van der Waals surface area contributed by atoms with Gasteiger partial charge < -0.3 is 20.1 Å². The lowest BCUT2D eigenvalue weighted by molar-refractivity contribution is -0.122. The minimum atomic E-state index is -1.10. The number of ether oxygens (including phenoxy) is 1. The largest absolute Gasteiger partial charge is 0.494 e. The molecular formula is C24H24ClN5O4. The van der Waals surface area contributed by atoms with E-state index in [1.807, 2.05) is 29.2 Å². The maximum Gasteiger partial charge on any atom is 0.338 e. The topological polar surface area (TPSA) is 118 Å². The van der Waals surface area contributed by atoms with Crippen LogP contribution < -0.4 is 15.0 Å². The van der Waals surface area contributed by atoms with Gasteiger partial charge in [0.1, 0.15) is 22.0 Å². The lowest BCUT2D eigenvalue weighted by Crippen LogP contribution is -2.66. The van der Waals surface area contributed by atoms with Gasteiger partial charge in [0, 0.05) is 31.5 Å². The zero-order valence-electron chi connectivity index (χ0n) is 18.9. The normalized spacial score (nSPS) is 14.4. The Morgan fingerprint density at radius 3 is 2.44 bits per heavy atom. The maximum absolute atomic E-state index is 13.8. The van der Waals surface area contributed by atoms with Crippen LogP contribution >= 0.6 is 11.6 Å². The molecule has 0 saturated carbocycles. The van der Waals surface area contributed by atoms with Gasteiger partial charge in [0.05, 0.1) is 18.9 Å². The van der Waals surface area contributed by atoms with E-state index in [4.69, 9.17) is 21.4 Å². The quantitative estimate of drug-likeness (QED) is 0.490. The predicted molar refractivity (Wildman–Crippen MR) is 128 cm³/mol. The molecule has 1 aliphatic heterocycles. The van der Waals surface area contributed by atoms with Crippen molar-refractivity contribution in [3.63, 3.8) is 0 Å². The molecule has 0 radical (unpaired) electrons. The third-order valence-corrected chi connectivity index (χ3v) is 6.13. The van der Waals surface area contributed by atoms with Gasteiger partial charge in [-0.25, -0.2) is 19.7 Å². The van der Waals surface area contributed by atoms with Crippen molar-refractivity contribution in [1.82, 2.24) is 15.0 Å². The van der Waals surface area contributed by atoms with Crippen molar-refractivity contribution < 1.29 is 19.4 Å². The number of benzene rings is 1. The van der Waals surface area contributed by atoms with Crippen molar-refractivity contribution >= 4 is 35.1 Å². The zero-order chi connectivity index (χ0) is 24.5. The van der Waals surface area contributed by atoms with Gasteiger partial charge in [0.25, 0.3) is 0 Å². The van der Waals surface area contributed by atoms with E-state index < -0.39 is 11.4 Å². The average Bonchev–Trinajstić information content (AvgIpc) is 2.80. The van der Waals surface area contributed by atoms with Crippen LogP contribution in [0.25, 0.3) is 0 Å². The van der Waals surface area contributed by atoms with Crippen molar-refractivity contribution in [2.75, 3.05) is 30.4 Å². The number of pyridine rings is 1. The van der Waals surface area contributed by atoms with Crippen LogP contribution in [0.2, 0.25) is 5.15 Å². The van der Waals surface area contributed by atoms with Crippen molar-refractivity contribution in [1.29, 1.82) is 0 Å². The molecule has 10 heteroatoms. The molecule has 1 aliphatic rings. The first kappa shape index (κ1) is 23.4. The molecule has 9 nitrogen and oxygen atoms in total. The number of amides is 1. The van der Waals surface area contributed by atoms with Crippen LogP contribution in [0.5, 0.6) is 5.75 Å². The number of aromatic carboxylic acids is 1. The van der Waals surface area contributed by atoms with E-state index in [0.29, 0.717) is 30.5 Å². The lowest BCUT2D eigenvalue weighted by atomic mass is 9.69. The minimum Gasteiger partial charge on any atom is -0.494 e. The van der Waals surface area contributed by atoms with Crippen LogP contribution in [-0.2, 0) is 10.2 Å². The van der Waals surface area contributed by atoms with E-state index in [0.717, 1.165) is 11.1 Å². The Balaban J connectivity index is 1.69. The second-order valence-electron chi connectivity index (χ2n) is 8.42. The molecule has 0 bridgehead atoms. The Bertz CT molecular complexity index is 1230. The molecule has 1 saturated heterocycles. The summed E-state index contributed by atoms with van der Waals surface area (Å²) < 4.78 is 5.36. The van der Waals surface area contributed by atoms with Gasteiger partial charge in [-0.1, -0.05) is 49.7 Å². The summed E-state index contributed by atoms with van der Waals surface area (Å²) in [5.41, 5.74) is 1.52. The number of rotatable bonds is 7. The monoisotopic (exact) mass is 481 g/mol. The SMILES string of the molecule is COc1cc(Cl)ncc1NC(=O)C1(c2ccccc2C(C)C)CN(c2ncc(C(=O)O)cn2)C1. The third-order valence-electron chi connectivity index (χ3n) is 5.92. The number of nitrogens with zero attached hydrogens (tertiary/aromatic N) is 4. The number of nitrogens with one attached hydrogen (secondary N) is 1. The number of carboxylic acid groups (broad SMARTS) is 1. The first-order chi connectivity index (χ1) is 16.2. The van der Waals surface area contributed by atoms with E-state index in [9.17, 15) is 9.59 Å². The lowest BCUT2D eigenvalue weighted by Gasteiger charge is -2.50. The van der Waals surface area contributed by atoms with Gasteiger partial charge in [0.15, 0.2) is 0 Å². The maximum atomic E-state index is 13.8. The van der Waals surface area contributed by atoms with E-state index >= 15 is 0 Å². The summed E-state index contributed by atoms with van der Waals surface area (Å²) in [7, 11) is 1.49. The van der Waals surface area contributed by atoms with Crippen LogP contribution in [-0.4, -0.2) is 52.1 Å². The molecule has 0 atom stereocenters. The second-order valence-corrected chi connectivity index (χ2v) is 8.81. The van der Waals surface area contributed by atoms with Gasteiger partial charge in [-0.05, 0) is 17.0 Å². The van der Waals surface area contributed by atoms with Crippen molar-refractivity contribution in [2.45, 2.75) is 25.2 Å². The number of carbonyl (C=O) groups excluding carboxylic acids is 1. The molecule has 4 rings (SSSR count). The standard InChI is InChI=1S/C24H24ClN5O4/c1-14(2)16-6-4-5-7-17(16)24(22(33)29-18-11-26-20(25)8-19(18)34-3)12-30(13-24)23-27-9-15(10-28-23)21(31)32/h4-11,14H,12-13H2,1-3H3,(H,29,33)(H,31,32). The number of anilines is 2. The summed E-state index contributed by atoms with van der Waals surface area (Å²) >= 11 is 5.97. The Morgan fingerprint density at radius 1 is 1.15 bits per heavy atom. The zero-order valence-corrected chi connectivity index (χ0v) is 19.7. The molecule has 34 heavy (non-hydrogen) atoms. The summed E-state index contributed by atoms with van der Waals surface area (Å²) in [6, 6.07) is 9.41. The summed E-state index contributed by atoms with van der Waals surface area (Å²) in [5, 5.41) is 12.3. The highest BCUT2D eigenvalue weighted by atomic mass is 35.5. The highest BCUT2D eigenvalue weighted by molar-refractivity contribution is 6.29. The van der Waals surface area contributed by atoms with E-state index in [2.05, 4.69) is 34.1 Å². The first-order valence-corrected chi connectivity index (χ1v) is 11.0. The fraction of sp³-hybridized carbons (Fsp3) is 0.292. The minimum absolute atomic E-state index is 0.000710. The summed E-state index contributed by atoms with van der Waals surface area (Å²) in [6.45, 7) is 4.80. The number of carboxylic acids is 1. The molecule has 176 valence electrons. The van der Waals surface area contributed by atoms with Crippen LogP contribution in [0.1, 0.15) is 41.3 Å². The number of methoxy groups -OCH3 is 1. The number of halogens is 1. The fourth-order valence-electron chi connectivity index (χ4n) is 4.13. The highest BCUT2D eigenvalue weighted by Gasteiger charge is 2.52. The van der Waals surface area contributed by atoms with Crippen molar-refractivity contribution in [2.24, 2.45) is 0 Å². The first-order valence-electron chi connectivity index (χ1n) is 10.7. The molecule has 1 aromatic carbocycles. The van der Waals surface area contributed by atoms with Gasteiger partial charge in [-0.15, -0.1) is 0 Å². The van der Waals surface area contributed by atoms with E-state index in [1.165, 1.54) is 31.8 Å². The van der Waals surface area contributed by atoms with Crippen LogP contribution in [0.3, 0.4) is 0 Å². The van der Waals surface area contributed by atoms with Crippen LogP contribution in [0.15, 0.2) is 48.9 Å². The molecule has 0 aliphatic carbocycles. The molecule has 0 unspecified atom stereocenters. The Labute approximate surface area is 201 Å². The number of carbonyl (C=O) groups is 2. The Kier molecular flexibility index (Phi) is 6.39.